The van der Waals surface area contributed by atoms with Gasteiger partial charge in [0.1, 0.15) is 12.4 Å². The largest absolute Gasteiger partial charge is 0.461 e. The second-order valence-electron chi connectivity index (χ2n) is 7.63. The fourth-order valence-corrected chi connectivity index (χ4v) is 2.74. The number of carbonyl (C=O) groups is 2. The molecule has 0 aliphatic heterocycles. The zero-order valence-electron chi connectivity index (χ0n) is 17.2. The van der Waals surface area contributed by atoms with Gasteiger partial charge in [0.25, 0.3) is 0 Å². The maximum absolute atomic E-state index is 11.7. The minimum Gasteiger partial charge on any atom is -0.461 e. The lowest BCUT2D eigenvalue weighted by atomic mass is 9.85. The third-order valence-corrected chi connectivity index (χ3v) is 4.69. The van der Waals surface area contributed by atoms with Crippen LogP contribution in [-0.2, 0) is 19.7 Å². The summed E-state index contributed by atoms with van der Waals surface area (Å²) < 4.78 is 10.5. The predicted octanol–water partition coefficient (Wildman–Crippen LogP) is 5.89. The average molecular weight is 413 g/mol. The maximum atomic E-state index is 11.7. The minimum absolute atomic E-state index is 0.257. The van der Waals surface area contributed by atoms with Gasteiger partial charge in [-0.25, -0.2) is 9.59 Å². The third kappa shape index (κ3) is 5.81. The Morgan fingerprint density at radius 2 is 1.48 bits per heavy atom. The molecule has 0 saturated carbocycles. The van der Waals surface area contributed by atoms with Crippen LogP contribution in [0.1, 0.15) is 33.3 Å². The van der Waals surface area contributed by atoms with E-state index in [9.17, 15) is 9.59 Å². The zero-order chi connectivity index (χ0) is 21.8. The van der Waals surface area contributed by atoms with E-state index in [1.165, 1.54) is 0 Å². The highest BCUT2D eigenvalue weighted by Gasteiger charge is 2.23. The highest BCUT2D eigenvalue weighted by atomic mass is 35.5. The Labute approximate surface area is 176 Å². The topological polar surface area (TPSA) is 52.6 Å². The van der Waals surface area contributed by atoms with Gasteiger partial charge in [-0.15, -0.1) is 0 Å². The van der Waals surface area contributed by atoms with Crippen LogP contribution in [0, 0.1) is 0 Å². The first-order valence-electron chi connectivity index (χ1n) is 9.12. The van der Waals surface area contributed by atoms with Crippen molar-refractivity contribution in [1.29, 1.82) is 0 Å². The van der Waals surface area contributed by atoms with Crippen molar-refractivity contribution in [3.05, 3.63) is 77.4 Å². The number of hydrogen-bond donors (Lipinski definition) is 0. The Bertz CT molecular complexity index is 955. The van der Waals surface area contributed by atoms with E-state index < -0.39 is 11.9 Å². The van der Waals surface area contributed by atoms with Crippen LogP contribution in [0.2, 0.25) is 5.02 Å². The fraction of sp³-hybridized carbons (Fsp3) is 0.250. The number of ether oxygens (including phenoxy) is 2. The van der Waals surface area contributed by atoms with E-state index in [1.54, 1.807) is 26.0 Å². The van der Waals surface area contributed by atoms with Gasteiger partial charge in [-0.2, -0.15) is 0 Å². The van der Waals surface area contributed by atoms with Gasteiger partial charge in [-0.1, -0.05) is 68.9 Å². The molecule has 0 aliphatic rings. The maximum Gasteiger partial charge on any atom is 0.338 e. The minimum atomic E-state index is -0.515. The van der Waals surface area contributed by atoms with Crippen LogP contribution in [0.5, 0.6) is 5.75 Å². The van der Waals surface area contributed by atoms with Crippen molar-refractivity contribution < 1.29 is 19.1 Å². The lowest BCUT2D eigenvalue weighted by molar-refractivity contribution is -0.140. The van der Waals surface area contributed by atoms with Gasteiger partial charge in [-0.3, -0.25) is 0 Å². The molecule has 0 fully saturated rings. The molecule has 0 N–H and O–H groups in total. The molecular weight excluding hydrogens is 388 g/mol. The first kappa shape index (κ1) is 22.4. The Morgan fingerprint density at radius 3 is 2.00 bits per heavy atom. The average Bonchev–Trinajstić information content (AvgIpc) is 2.67. The van der Waals surface area contributed by atoms with Crippen molar-refractivity contribution in [2.24, 2.45) is 0 Å². The molecule has 2 aromatic rings. The predicted molar refractivity (Wildman–Crippen MR) is 116 cm³/mol. The molecule has 29 heavy (non-hydrogen) atoms. The van der Waals surface area contributed by atoms with Crippen molar-refractivity contribution in [3.8, 4) is 16.9 Å². The first-order chi connectivity index (χ1) is 13.5. The summed E-state index contributed by atoms with van der Waals surface area (Å²) >= 11 is 6.27. The van der Waals surface area contributed by atoms with E-state index in [0.717, 1.165) is 16.7 Å². The quantitative estimate of drug-likeness (QED) is 0.323. The molecule has 0 aromatic heterocycles. The van der Waals surface area contributed by atoms with Crippen LogP contribution in [0.3, 0.4) is 0 Å². The summed E-state index contributed by atoms with van der Waals surface area (Å²) in [4.78, 5) is 23.3. The van der Waals surface area contributed by atoms with Gasteiger partial charge in [0.2, 0.25) is 0 Å². The van der Waals surface area contributed by atoms with Gasteiger partial charge in [0.15, 0.2) is 0 Å². The lowest BCUT2D eigenvalue weighted by Crippen LogP contribution is -2.26. The molecule has 2 rings (SSSR count). The van der Waals surface area contributed by atoms with Gasteiger partial charge in [0, 0.05) is 16.6 Å². The number of carbonyl (C=O) groups excluding carboxylic acids is 2. The molecule has 4 nitrogen and oxygen atoms in total. The molecule has 0 radical (unpaired) electrons. The van der Waals surface area contributed by atoms with E-state index in [0.29, 0.717) is 21.9 Å². The smallest absolute Gasteiger partial charge is 0.338 e. The normalized spacial score (nSPS) is 10.9. The van der Waals surface area contributed by atoms with E-state index in [-0.39, 0.29) is 12.0 Å². The van der Waals surface area contributed by atoms with Crippen molar-refractivity contribution in [3.63, 3.8) is 0 Å². The van der Waals surface area contributed by atoms with Gasteiger partial charge < -0.3 is 9.47 Å². The number of hydrogen-bond acceptors (Lipinski definition) is 4. The van der Waals surface area contributed by atoms with Crippen LogP contribution >= 0.6 is 11.6 Å². The number of esters is 2. The summed E-state index contributed by atoms with van der Waals surface area (Å²) in [5, 5.41) is 0.341. The molecule has 0 bridgehead atoms. The Hall–Kier alpha value is -2.85. The van der Waals surface area contributed by atoms with Crippen LogP contribution < -0.4 is 4.74 Å². The van der Waals surface area contributed by atoms with Gasteiger partial charge in [0.05, 0.1) is 5.02 Å². The highest BCUT2D eigenvalue weighted by Crippen LogP contribution is 2.32. The molecule has 0 amide bonds. The number of halogens is 1. The van der Waals surface area contributed by atoms with Crippen molar-refractivity contribution in [2.45, 2.75) is 33.1 Å². The molecule has 0 spiro atoms. The van der Waals surface area contributed by atoms with Crippen LogP contribution in [0.25, 0.3) is 11.1 Å². The van der Waals surface area contributed by atoms with E-state index >= 15 is 0 Å². The van der Waals surface area contributed by atoms with E-state index in [4.69, 9.17) is 21.1 Å². The highest BCUT2D eigenvalue weighted by molar-refractivity contribution is 6.32. The molecular formula is C24H25ClO4. The fourth-order valence-electron chi connectivity index (χ4n) is 2.52. The van der Waals surface area contributed by atoms with Gasteiger partial charge >= 0.3 is 11.9 Å². The van der Waals surface area contributed by atoms with E-state index in [1.807, 2.05) is 44.2 Å². The number of benzene rings is 2. The molecule has 0 atom stereocenters. The van der Waals surface area contributed by atoms with Crippen molar-refractivity contribution >= 4 is 23.5 Å². The van der Waals surface area contributed by atoms with Crippen molar-refractivity contribution in [1.82, 2.24) is 0 Å². The summed E-state index contributed by atoms with van der Waals surface area (Å²) in [5.41, 5.74) is 3.23. The van der Waals surface area contributed by atoms with Crippen LogP contribution in [-0.4, -0.2) is 18.5 Å². The SMILES string of the molecule is C=C(C)C(=O)OCC(C)(C)c1ccc(-c2ccc(OC(=O)C(=C)C)c(Cl)c2)cc1. The standard InChI is InChI=1S/C24H25ClO4/c1-15(2)22(26)28-14-24(5,6)19-10-7-17(8-11-19)18-9-12-21(20(25)13-18)29-23(27)16(3)4/h7-13H,1,3,14H2,2,4-6H3. The molecule has 0 unspecified atom stereocenters. The number of rotatable bonds is 7. The molecule has 0 heterocycles. The van der Waals surface area contributed by atoms with Crippen molar-refractivity contribution in [2.75, 3.05) is 6.61 Å². The Kier molecular flexibility index (Phi) is 7.04. The lowest BCUT2D eigenvalue weighted by Gasteiger charge is -2.25. The molecule has 0 aliphatic carbocycles. The summed E-state index contributed by atoms with van der Waals surface area (Å²) in [5.74, 6) is -0.615. The zero-order valence-corrected chi connectivity index (χ0v) is 17.9. The third-order valence-electron chi connectivity index (χ3n) is 4.40. The Balaban J connectivity index is 2.16. The Morgan fingerprint density at radius 1 is 0.931 bits per heavy atom. The monoisotopic (exact) mass is 412 g/mol. The molecule has 0 saturated heterocycles. The molecule has 152 valence electrons. The summed E-state index contributed by atoms with van der Waals surface area (Å²) in [6, 6.07) is 13.2. The first-order valence-corrected chi connectivity index (χ1v) is 9.50. The molecule has 2 aromatic carbocycles. The summed E-state index contributed by atoms with van der Waals surface area (Å²) in [6.45, 7) is 14.6. The second kappa shape index (κ2) is 9.10. The van der Waals surface area contributed by atoms with Crippen LogP contribution in [0.4, 0.5) is 0 Å². The summed E-state index contributed by atoms with van der Waals surface area (Å²) in [6.07, 6.45) is 0. The summed E-state index contributed by atoms with van der Waals surface area (Å²) in [7, 11) is 0. The second-order valence-corrected chi connectivity index (χ2v) is 8.04. The molecule has 5 heteroatoms. The van der Waals surface area contributed by atoms with Crippen LogP contribution in [0.15, 0.2) is 66.8 Å². The van der Waals surface area contributed by atoms with E-state index in [2.05, 4.69) is 13.2 Å². The van der Waals surface area contributed by atoms with Gasteiger partial charge in [-0.05, 0) is 42.7 Å².